The van der Waals surface area contributed by atoms with E-state index in [1.54, 1.807) is 12.1 Å². The molecule has 0 bridgehead atoms. The summed E-state index contributed by atoms with van der Waals surface area (Å²) in [6.45, 7) is 0. The Labute approximate surface area is 97.1 Å². The summed E-state index contributed by atoms with van der Waals surface area (Å²) in [7, 11) is 0. The molecule has 1 aromatic carbocycles. The first-order valence-electron chi connectivity index (χ1n) is 5.41. The zero-order valence-electron chi connectivity index (χ0n) is 8.96. The van der Waals surface area contributed by atoms with Crippen LogP contribution in [0.2, 0.25) is 0 Å². The van der Waals surface area contributed by atoms with Crippen molar-refractivity contribution in [3.8, 4) is 11.5 Å². The Morgan fingerprint density at radius 1 is 1.35 bits per heavy atom. The molecule has 0 amide bonds. The lowest BCUT2D eigenvalue weighted by Crippen LogP contribution is -1.95. The molecule has 0 radical (unpaired) electrons. The third kappa shape index (κ3) is 1.91. The lowest BCUT2D eigenvalue weighted by Gasteiger charge is -1.97. The van der Waals surface area contributed by atoms with Crippen LogP contribution in [0.15, 0.2) is 28.7 Å². The minimum Gasteiger partial charge on any atom is -0.478 e. The topological polar surface area (TPSA) is 76.2 Å². The van der Waals surface area contributed by atoms with Crippen LogP contribution in [0.4, 0.5) is 0 Å². The predicted octanol–water partition coefficient (Wildman–Crippen LogP) is 2.31. The van der Waals surface area contributed by atoms with Gasteiger partial charge in [0.15, 0.2) is 0 Å². The zero-order chi connectivity index (χ0) is 11.8. The number of aromatic nitrogens is 2. The summed E-state index contributed by atoms with van der Waals surface area (Å²) in [6.07, 6.45) is 2.19. The summed E-state index contributed by atoms with van der Waals surface area (Å²) < 4.78 is 5.51. The van der Waals surface area contributed by atoms with Crippen LogP contribution in [0, 0.1) is 0 Å². The van der Waals surface area contributed by atoms with Crippen molar-refractivity contribution in [1.29, 1.82) is 0 Å². The Morgan fingerprint density at radius 3 is 2.88 bits per heavy atom. The lowest BCUT2D eigenvalue weighted by molar-refractivity contribution is 0.0697. The van der Waals surface area contributed by atoms with E-state index in [-0.39, 0.29) is 5.56 Å². The average molecular weight is 230 g/mol. The number of carboxylic acids is 1. The van der Waals surface area contributed by atoms with Crippen molar-refractivity contribution in [2.24, 2.45) is 0 Å². The third-order valence-corrected chi connectivity index (χ3v) is 2.72. The van der Waals surface area contributed by atoms with Crippen molar-refractivity contribution in [1.82, 2.24) is 10.2 Å². The van der Waals surface area contributed by atoms with Crippen molar-refractivity contribution in [2.45, 2.75) is 18.8 Å². The summed E-state index contributed by atoms with van der Waals surface area (Å²) >= 11 is 0. The summed E-state index contributed by atoms with van der Waals surface area (Å²) in [6, 6.07) is 6.49. The highest BCUT2D eigenvalue weighted by molar-refractivity contribution is 5.88. The van der Waals surface area contributed by atoms with Crippen LogP contribution in [-0.2, 0) is 0 Å². The van der Waals surface area contributed by atoms with Crippen LogP contribution < -0.4 is 0 Å². The maximum Gasteiger partial charge on any atom is 0.335 e. The fraction of sp³-hybridized carbons (Fsp3) is 0.250. The molecule has 86 valence electrons. The SMILES string of the molecule is O=C(O)c1cccc(-c2nnc(C3CC3)o2)c1. The number of benzene rings is 1. The monoisotopic (exact) mass is 230 g/mol. The first kappa shape index (κ1) is 10.0. The number of rotatable bonds is 3. The molecule has 17 heavy (non-hydrogen) atoms. The van der Waals surface area contributed by atoms with Gasteiger partial charge in [0.2, 0.25) is 11.8 Å². The Morgan fingerprint density at radius 2 is 2.18 bits per heavy atom. The summed E-state index contributed by atoms with van der Waals surface area (Å²) in [5.41, 5.74) is 0.859. The van der Waals surface area contributed by atoms with Crippen molar-refractivity contribution < 1.29 is 14.3 Å². The summed E-state index contributed by atoms with van der Waals surface area (Å²) in [5.74, 6) is 0.475. The average Bonchev–Trinajstić information content (AvgIpc) is 3.07. The number of nitrogens with zero attached hydrogens (tertiary/aromatic N) is 2. The molecule has 0 spiro atoms. The van der Waals surface area contributed by atoms with Gasteiger partial charge in [-0.3, -0.25) is 0 Å². The Hall–Kier alpha value is -2.17. The Kier molecular flexibility index (Phi) is 2.18. The van der Waals surface area contributed by atoms with Gasteiger partial charge in [0.05, 0.1) is 5.56 Å². The number of aromatic carboxylic acids is 1. The van der Waals surface area contributed by atoms with Crippen LogP contribution >= 0.6 is 0 Å². The number of carbonyl (C=O) groups is 1. The van der Waals surface area contributed by atoms with Gasteiger partial charge in [-0.15, -0.1) is 10.2 Å². The van der Waals surface area contributed by atoms with E-state index in [1.807, 2.05) is 0 Å². The van der Waals surface area contributed by atoms with Crippen LogP contribution in [0.1, 0.15) is 35.0 Å². The molecule has 0 unspecified atom stereocenters. The molecule has 1 N–H and O–H groups in total. The molecular formula is C12H10N2O3. The smallest absolute Gasteiger partial charge is 0.335 e. The van der Waals surface area contributed by atoms with E-state index in [1.165, 1.54) is 12.1 Å². The van der Waals surface area contributed by atoms with E-state index in [9.17, 15) is 4.79 Å². The van der Waals surface area contributed by atoms with E-state index in [0.29, 0.717) is 23.3 Å². The molecule has 1 saturated carbocycles. The Bertz CT molecular complexity index is 573. The van der Waals surface area contributed by atoms with Gasteiger partial charge in [0.25, 0.3) is 0 Å². The second-order valence-electron chi connectivity index (χ2n) is 4.11. The lowest BCUT2D eigenvalue weighted by atomic mass is 10.1. The van der Waals surface area contributed by atoms with Crippen LogP contribution in [0.5, 0.6) is 0 Å². The van der Waals surface area contributed by atoms with Gasteiger partial charge >= 0.3 is 5.97 Å². The first-order chi connectivity index (χ1) is 8.24. The van der Waals surface area contributed by atoms with Crippen molar-refractivity contribution in [3.05, 3.63) is 35.7 Å². The zero-order valence-corrected chi connectivity index (χ0v) is 8.96. The number of hydrogen-bond acceptors (Lipinski definition) is 4. The molecular weight excluding hydrogens is 220 g/mol. The molecule has 1 heterocycles. The van der Waals surface area contributed by atoms with E-state index >= 15 is 0 Å². The fourth-order valence-electron chi connectivity index (χ4n) is 1.63. The standard InChI is InChI=1S/C12H10N2O3/c15-12(16)9-3-1-2-8(6-9)11-14-13-10(17-11)7-4-5-7/h1-3,6-7H,4-5H2,(H,15,16). The van der Waals surface area contributed by atoms with E-state index in [4.69, 9.17) is 9.52 Å². The molecule has 5 heteroatoms. The van der Waals surface area contributed by atoms with Gasteiger partial charge in [0.1, 0.15) is 0 Å². The van der Waals surface area contributed by atoms with E-state index < -0.39 is 5.97 Å². The van der Waals surface area contributed by atoms with Gasteiger partial charge in [-0.2, -0.15) is 0 Å². The van der Waals surface area contributed by atoms with Gasteiger partial charge in [-0.25, -0.2) is 4.79 Å². The normalized spacial score (nSPS) is 14.8. The molecule has 0 saturated heterocycles. The largest absolute Gasteiger partial charge is 0.478 e. The van der Waals surface area contributed by atoms with Gasteiger partial charge in [-0.1, -0.05) is 6.07 Å². The summed E-state index contributed by atoms with van der Waals surface area (Å²) in [4.78, 5) is 10.8. The molecule has 3 rings (SSSR count). The highest BCUT2D eigenvalue weighted by Gasteiger charge is 2.29. The minimum absolute atomic E-state index is 0.216. The number of hydrogen-bond donors (Lipinski definition) is 1. The predicted molar refractivity (Wildman–Crippen MR) is 58.7 cm³/mol. The number of carboxylic acid groups (broad SMARTS) is 1. The molecule has 5 nitrogen and oxygen atoms in total. The van der Waals surface area contributed by atoms with Gasteiger partial charge in [-0.05, 0) is 31.0 Å². The molecule has 1 aromatic heterocycles. The third-order valence-electron chi connectivity index (χ3n) is 2.72. The highest BCUT2D eigenvalue weighted by atomic mass is 16.4. The molecule has 2 aromatic rings. The molecule has 1 aliphatic rings. The molecule has 0 aliphatic heterocycles. The van der Waals surface area contributed by atoms with E-state index in [2.05, 4.69) is 10.2 Å². The van der Waals surface area contributed by atoms with Gasteiger partial charge < -0.3 is 9.52 Å². The second kappa shape index (κ2) is 3.69. The van der Waals surface area contributed by atoms with Gasteiger partial charge in [0, 0.05) is 11.5 Å². The molecule has 1 aliphatic carbocycles. The maximum absolute atomic E-state index is 10.8. The highest BCUT2D eigenvalue weighted by Crippen LogP contribution is 2.39. The maximum atomic E-state index is 10.8. The quantitative estimate of drug-likeness (QED) is 0.875. The van der Waals surface area contributed by atoms with Crippen LogP contribution in [0.25, 0.3) is 11.5 Å². The second-order valence-corrected chi connectivity index (χ2v) is 4.11. The Balaban J connectivity index is 1.96. The molecule has 1 fully saturated rings. The summed E-state index contributed by atoms with van der Waals surface area (Å²) in [5, 5.41) is 16.8. The van der Waals surface area contributed by atoms with E-state index in [0.717, 1.165) is 12.8 Å². The van der Waals surface area contributed by atoms with Crippen LogP contribution in [-0.4, -0.2) is 21.3 Å². The van der Waals surface area contributed by atoms with Crippen LogP contribution in [0.3, 0.4) is 0 Å². The van der Waals surface area contributed by atoms with Crippen molar-refractivity contribution >= 4 is 5.97 Å². The van der Waals surface area contributed by atoms with Crippen molar-refractivity contribution in [3.63, 3.8) is 0 Å². The fourth-order valence-corrected chi connectivity index (χ4v) is 1.63. The first-order valence-corrected chi connectivity index (χ1v) is 5.41. The minimum atomic E-state index is -0.964. The van der Waals surface area contributed by atoms with Crippen molar-refractivity contribution in [2.75, 3.05) is 0 Å². The molecule has 0 atom stereocenters.